The zero-order chi connectivity index (χ0) is 12.5. The Morgan fingerprint density at radius 2 is 2.39 bits per heavy atom. The zero-order valence-electron chi connectivity index (χ0n) is 9.61. The molecule has 6 nitrogen and oxygen atoms in total. The number of fused-ring (bicyclic) bond motifs is 2. The minimum atomic E-state index is -0.968. The second-order valence-corrected chi connectivity index (χ2v) is 5.25. The average molecular weight is 251 g/mol. The Bertz CT molecular complexity index is 475. The number of hydrogen-bond donors (Lipinski definition) is 1. The molecule has 4 heterocycles. The third-order valence-corrected chi connectivity index (χ3v) is 4.41. The third kappa shape index (κ3) is 0.976. The minimum Gasteiger partial charge on any atom is -0.481 e. The molecule has 4 aliphatic heterocycles. The van der Waals surface area contributed by atoms with Gasteiger partial charge in [-0.15, -0.1) is 0 Å². The summed E-state index contributed by atoms with van der Waals surface area (Å²) in [5, 5.41) is 9.30. The minimum absolute atomic E-state index is 0.140. The quantitative estimate of drug-likeness (QED) is 0.642. The SMILES string of the molecule is O=C(O)[C@H]1[C@H]2C=C[C@]3(O2)[C@@H]2OCCCN2C(=O)[C@@H]13. The van der Waals surface area contributed by atoms with Crippen molar-refractivity contribution in [3.8, 4) is 0 Å². The van der Waals surface area contributed by atoms with E-state index in [4.69, 9.17) is 9.47 Å². The van der Waals surface area contributed by atoms with Gasteiger partial charge in [0.25, 0.3) is 0 Å². The first kappa shape index (κ1) is 10.5. The first-order valence-corrected chi connectivity index (χ1v) is 6.17. The molecule has 0 aromatic rings. The number of carboxylic acids is 1. The number of nitrogens with zero attached hydrogens (tertiary/aromatic N) is 1. The summed E-state index contributed by atoms with van der Waals surface area (Å²) in [4.78, 5) is 25.4. The molecule has 1 N–H and O–H groups in total. The van der Waals surface area contributed by atoms with Gasteiger partial charge in [-0.3, -0.25) is 9.59 Å². The molecule has 0 aromatic carbocycles. The Labute approximate surface area is 103 Å². The molecule has 0 aromatic heterocycles. The summed E-state index contributed by atoms with van der Waals surface area (Å²) < 4.78 is 11.5. The van der Waals surface area contributed by atoms with Crippen LogP contribution in [0.1, 0.15) is 6.42 Å². The summed E-state index contributed by atoms with van der Waals surface area (Å²) in [5.74, 6) is -2.52. The summed E-state index contributed by atoms with van der Waals surface area (Å²) in [6.07, 6.45) is 3.42. The van der Waals surface area contributed by atoms with Crippen molar-refractivity contribution >= 4 is 11.9 Å². The van der Waals surface area contributed by atoms with Crippen molar-refractivity contribution in [1.82, 2.24) is 4.90 Å². The predicted octanol–water partition coefficient (Wildman–Crippen LogP) is -0.401. The number of amides is 1. The number of carbonyl (C=O) groups is 2. The van der Waals surface area contributed by atoms with E-state index in [0.29, 0.717) is 13.2 Å². The van der Waals surface area contributed by atoms with Gasteiger partial charge in [0.1, 0.15) is 11.5 Å². The molecule has 2 bridgehead atoms. The highest BCUT2D eigenvalue weighted by atomic mass is 16.6. The molecular formula is C12H13NO5. The standard InChI is InChI=1S/C12H13NO5/c14-9-8-7(10(15)16)6-2-3-12(8,18-6)11-13(9)4-1-5-17-11/h2-3,6-8,11H,1,4-5H2,(H,15,16)/t6-,7+,8-,11+,12-/m1/s1. The largest absolute Gasteiger partial charge is 0.481 e. The lowest BCUT2D eigenvalue weighted by Crippen LogP contribution is -2.49. The Morgan fingerprint density at radius 1 is 1.56 bits per heavy atom. The van der Waals surface area contributed by atoms with Crippen LogP contribution in [0.4, 0.5) is 0 Å². The van der Waals surface area contributed by atoms with Crippen molar-refractivity contribution in [2.45, 2.75) is 24.4 Å². The normalized spacial score (nSPS) is 48.4. The summed E-state index contributed by atoms with van der Waals surface area (Å²) in [6.45, 7) is 1.21. The van der Waals surface area contributed by atoms with Crippen molar-refractivity contribution in [2.24, 2.45) is 11.8 Å². The van der Waals surface area contributed by atoms with Crippen molar-refractivity contribution in [3.05, 3.63) is 12.2 Å². The molecule has 96 valence electrons. The topological polar surface area (TPSA) is 76.1 Å². The van der Waals surface area contributed by atoms with Gasteiger partial charge in [-0.1, -0.05) is 6.08 Å². The van der Waals surface area contributed by atoms with Crippen LogP contribution in [-0.4, -0.2) is 53.0 Å². The summed E-state index contributed by atoms with van der Waals surface area (Å²) in [5.41, 5.74) is -0.870. The molecule has 0 radical (unpaired) electrons. The van der Waals surface area contributed by atoms with Crippen LogP contribution in [0.5, 0.6) is 0 Å². The van der Waals surface area contributed by atoms with Crippen molar-refractivity contribution < 1.29 is 24.2 Å². The molecule has 0 unspecified atom stereocenters. The molecule has 4 rings (SSSR count). The van der Waals surface area contributed by atoms with E-state index >= 15 is 0 Å². The van der Waals surface area contributed by atoms with Gasteiger partial charge in [-0.05, 0) is 12.5 Å². The number of ether oxygens (including phenoxy) is 2. The lowest BCUT2D eigenvalue weighted by atomic mass is 9.76. The Kier molecular flexibility index (Phi) is 1.83. The zero-order valence-corrected chi connectivity index (χ0v) is 9.61. The average Bonchev–Trinajstić information content (AvgIpc) is 2.99. The van der Waals surface area contributed by atoms with E-state index in [2.05, 4.69) is 0 Å². The van der Waals surface area contributed by atoms with E-state index in [9.17, 15) is 14.7 Å². The van der Waals surface area contributed by atoms with Crippen LogP contribution in [-0.2, 0) is 19.1 Å². The summed E-state index contributed by atoms with van der Waals surface area (Å²) in [6, 6.07) is 0. The van der Waals surface area contributed by atoms with Crippen LogP contribution in [0.15, 0.2) is 12.2 Å². The van der Waals surface area contributed by atoms with Gasteiger partial charge in [0.05, 0.1) is 18.6 Å². The molecule has 1 amide bonds. The number of hydrogen-bond acceptors (Lipinski definition) is 4. The number of carbonyl (C=O) groups excluding carboxylic acids is 1. The van der Waals surface area contributed by atoms with E-state index in [1.54, 1.807) is 11.0 Å². The molecule has 5 atom stereocenters. The highest BCUT2D eigenvalue weighted by molar-refractivity contribution is 5.91. The second-order valence-electron chi connectivity index (χ2n) is 5.25. The fourth-order valence-electron chi connectivity index (χ4n) is 3.74. The van der Waals surface area contributed by atoms with E-state index < -0.39 is 35.7 Å². The monoisotopic (exact) mass is 251 g/mol. The molecule has 4 aliphatic rings. The number of rotatable bonds is 1. The third-order valence-electron chi connectivity index (χ3n) is 4.41. The van der Waals surface area contributed by atoms with Gasteiger partial charge in [0.15, 0.2) is 6.23 Å². The lowest BCUT2D eigenvalue weighted by molar-refractivity contribution is -0.168. The first-order valence-electron chi connectivity index (χ1n) is 6.17. The molecule has 3 fully saturated rings. The number of carboxylic acid groups (broad SMARTS) is 1. The number of aliphatic carboxylic acids is 1. The molecule has 18 heavy (non-hydrogen) atoms. The van der Waals surface area contributed by atoms with Crippen LogP contribution in [0.3, 0.4) is 0 Å². The van der Waals surface area contributed by atoms with Gasteiger partial charge in [0, 0.05) is 6.54 Å². The van der Waals surface area contributed by atoms with Gasteiger partial charge in [-0.2, -0.15) is 0 Å². The maximum Gasteiger partial charge on any atom is 0.310 e. The van der Waals surface area contributed by atoms with Crippen LogP contribution < -0.4 is 0 Å². The summed E-state index contributed by atoms with van der Waals surface area (Å²) in [7, 11) is 0. The van der Waals surface area contributed by atoms with Crippen LogP contribution in [0.2, 0.25) is 0 Å². The van der Waals surface area contributed by atoms with Crippen molar-refractivity contribution in [3.63, 3.8) is 0 Å². The van der Waals surface area contributed by atoms with Crippen LogP contribution >= 0.6 is 0 Å². The molecule has 0 saturated carbocycles. The second kappa shape index (κ2) is 3.13. The molecule has 6 heteroatoms. The van der Waals surface area contributed by atoms with Gasteiger partial charge in [-0.25, -0.2) is 0 Å². The smallest absolute Gasteiger partial charge is 0.310 e. The molecule has 3 saturated heterocycles. The van der Waals surface area contributed by atoms with Crippen LogP contribution in [0.25, 0.3) is 0 Å². The summed E-state index contributed by atoms with van der Waals surface area (Å²) >= 11 is 0. The van der Waals surface area contributed by atoms with Crippen molar-refractivity contribution in [1.29, 1.82) is 0 Å². The first-order chi connectivity index (χ1) is 8.65. The van der Waals surface area contributed by atoms with Gasteiger partial charge < -0.3 is 19.5 Å². The Morgan fingerprint density at radius 3 is 3.17 bits per heavy atom. The molecule has 1 spiro atoms. The Hall–Kier alpha value is -1.40. The van der Waals surface area contributed by atoms with Gasteiger partial charge >= 0.3 is 5.97 Å². The van der Waals surface area contributed by atoms with E-state index in [-0.39, 0.29) is 5.91 Å². The lowest BCUT2D eigenvalue weighted by Gasteiger charge is -2.36. The van der Waals surface area contributed by atoms with Crippen molar-refractivity contribution in [2.75, 3.05) is 13.2 Å². The highest BCUT2D eigenvalue weighted by Crippen LogP contribution is 2.55. The fraction of sp³-hybridized carbons (Fsp3) is 0.667. The predicted molar refractivity (Wildman–Crippen MR) is 57.4 cm³/mol. The van der Waals surface area contributed by atoms with E-state index in [0.717, 1.165) is 6.42 Å². The maximum atomic E-state index is 12.4. The molecule has 0 aliphatic carbocycles. The van der Waals surface area contributed by atoms with Crippen LogP contribution in [0, 0.1) is 11.8 Å². The van der Waals surface area contributed by atoms with E-state index in [1.165, 1.54) is 0 Å². The maximum absolute atomic E-state index is 12.4. The molecular weight excluding hydrogens is 238 g/mol. The van der Waals surface area contributed by atoms with Gasteiger partial charge in [0.2, 0.25) is 5.91 Å². The Balaban J connectivity index is 1.82. The highest BCUT2D eigenvalue weighted by Gasteiger charge is 2.72. The fourth-order valence-corrected chi connectivity index (χ4v) is 3.74. The van der Waals surface area contributed by atoms with E-state index in [1.807, 2.05) is 6.08 Å².